The molecule has 0 aliphatic rings. The van der Waals surface area contributed by atoms with E-state index in [0.717, 1.165) is 18.0 Å². The van der Waals surface area contributed by atoms with Crippen molar-refractivity contribution in [2.24, 2.45) is 4.99 Å². The van der Waals surface area contributed by atoms with Crippen LogP contribution in [0.3, 0.4) is 0 Å². The first-order chi connectivity index (χ1) is 11.1. The first kappa shape index (κ1) is 17.0. The quantitative estimate of drug-likeness (QED) is 0.634. The van der Waals surface area contributed by atoms with E-state index in [-0.39, 0.29) is 12.4 Å². The van der Waals surface area contributed by atoms with E-state index in [1.165, 1.54) is 6.07 Å². The summed E-state index contributed by atoms with van der Waals surface area (Å²) in [6, 6.07) is 8.57. The maximum Gasteiger partial charge on any atom is 0.191 e. The SMILES string of the molecule is CCNC(=NCc1ccccc1F)NCc1cc(C(C)C)no1. The van der Waals surface area contributed by atoms with Gasteiger partial charge in [0.05, 0.1) is 18.8 Å². The number of nitrogens with one attached hydrogen (secondary N) is 2. The van der Waals surface area contributed by atoms with E-state index < -0.39 is 0 Å². The Bertz CT molecular complexity index is 652. The Balaban J connectivity index is 1.97. The molecule has 0 spiro atoms. The number of aromatic nitrogens is 1. The Labute approximate surface area is 136 Å². The Morgan fingerprint density at radius 3 is 2.74 bits per heavy atom. The molecule has 5 nitrogen and oxygen atoms in total. The summed E-state index contributed by atoms with van der Waals surface area (Å²) < 4.78 is 18.9. The van der Waals surface area contributed by atoms with Crippen LogP contribution in [0.25, 0.3) is 0 Å². The zero-order valence-corrected chi connectivity index (χ0v) is 13.8. The van der Waals surface area contributed by atoms with Gasteiger partial charge in [-0.3, -0.25) is 0 Å². The monoisotopic (exact) mass is 318 g/mol. The Kier molecular flexibility index (Phi) is 6.14. The number of guanidine groups is 1. The number of aliphatic imine (C=N–C) groups is 1. The molecule has 0 unspecified atom stereocenters. The Morgan fingerprint density at radius 2 is 2.09 bits per heavy atom. The summed E-state index contributed by atoms with van der Waals surface area (Å²) in [5.74, 6) is 1.43. The lowest BCUT2D eigenvalue weighted by atomic mass is 10.1. The van der Waals surface area contributed by atoms with Crippen LogP contribution >= 0.6 is 0 Å². The summed E-state index contributed by atoms with van der Waals surface area (Å²) in [6.07, 6.45) is 0. The van der Waals surface area contributed by atoms with Crippen molar-refractivity contribution in [3.05, 3.63) is 53.2 Å². The van der Waals surface area contributed by atoms with Crippen molar-refractivity contribution in [3.8, 4) is 0 Å². The predicted octanol–water partition coefficient (Wildman–Crippen LogP) is 3.19. The van der Waals surface area contributed by atoms with Crippen molar-refractivity contribution >= 4 is 5.96 Å². The molecule has 0 aliphatic heterocycles. The summed E-state index contributed by atoms with van der Waals surface area (Å²) >= 11 is 0. The first-order valence-corrected chi connectivity index (χ1v) is 7.81. The zero-order valence-electron chi connectivity index (χ0n) is 13.8. The second kappa shape index (κ2) is 8.31. The van der Waals surface area contributed by atoms with E-state index in [9.17, 15) is 4.39 Å². The summed E-state index contributed by atoms with van der Waals surface area (Å²) in [6.45, 7) is 7.57. The predicted molar refractivity (Wildman–Crippen MR) is 88.6 cm³/mol. The van der Waals surface area contributed by atoms with Crippen LogP contribution in [0.1, 0.15) is 43.7 Å². The van der Waals surface area contributed by atoms with Gasteiger partial charge in [0, 0.05) is 18.2 Å². The van der Waals surface area contributed by atoms with Gasteiger partial charge in [0.25, 0.3) is 0 Å². The van der Waals surface area contributed by atoms with E-state index in [4.69, 9.17) is 4.52 Å². The third-order valence-corrected chi connectivity index (χ3v) is 3.31. The van der Waals surface area contributed by atoms with E-state index in [1.54, 1.807) is 18.2 Å². The van der Waals surface area contributed by atoms with Crippen LogP contribution in [0, 0.1) is 5.82 Å². The van der Waals surface area contributed by atoms with Gasteiger partial charge < -0.3 is 15.2 Å². The van der Waals surface area contributed by atoms with Gasteiger partial charge in [0.15, 0.2) is 11.7 Å². The normalized spacial score (nSPS) is 11.8. The highest BCUT2D eigenvalue weighted by molar-refractivity contribution is 5.79. The fourth-order valence-electron chi connectivity index (χ4n) is 1.99. The summed E-state index contributed by atoms with van der Waals surface area (Å²) in [5.41, 5.74) is 1.49. The fraction of sp³-hybridized carbons (Fsp3) is 0.412. The first-order valence-electron chi connectivity index (χ1n) is 7.81. The molecule has 6 heteroatoms. The average molecular weight is 318 g/mol. The van der Waals surface area contributed by atoms with Crippen molar-refractivity contribution in [2.75, 3.05) is 6.54 Å². The zero-order chi connectivity index (χ0) is 16.7. The number of hydrogen-bond donors (Lipinski definition) is 2. The van der Waals surface area contributed by atoms with Crippen molar-refractivity contribution in [2.45, 2.75) is 39.8 Å². The van der Waals surface area contributed by atoms with Gasteiger partial charge in [-0.1, -0.05) is 37.2 Å². The molecular weight excluding hydrogens is 295 g/mol. The maximum absolute atomic E-state index is 13.6. The van der Waals surface area contributed by atoms with Crippen LogP contribution < -0.4 is 10.6 Å². The molecule has 124 valence electrons. The fourth-order valence-corrected chi connectivity index (χ4v) is 1.99. The highest BCUT2D eigenvalue weighted by Crippen LogP contribution is 2.13. The smallest absolute Gasteiger partial charge is 0.191 e. The molecular formula is C17H23FN4O. The highest BCUT2D eigenvalue weighted by atomic mass is 19.1. The molecule has 2 rings (SSSR count). The molecule has 2 aromatic rings. The van der Waals surface area contributed by atoms with Gasteiger partial charge >= 0.3 is 0 Å². The number of halogens is 1. The van der Waals surface area contributed by atoms with Gasteiger partial charge in [0.1, 0.15) is 5.82 Å². The van der Waals surface area contributed by atoms with Crippen LogP contribution in [0.2, 0.25) is 0 Å². The van der Waals surface area contributed by atoms with Crippen LogP contribution in [0.15, 0.2) is 39.8 Å². The summed E-state index contributed by atoms with van der Waals surface area (Å²) in [7, 11) is 0. The lowest BCUT2D eigenvalue weighted by Crippen LogP contribution is -2.36. The molecule has 1 aromatic carbocycles. The second-order valence-electron chi connectivity index (χ2n) is 5.51. The lowest BCUT2D eigenvalue weighted by Gasteiger charge is -2.10. The Hall–Kier alpha value is -2.37. The number of nitrogens with zero attached hydrogens (tertiary/aromatic N) is 2. The van der Waals surface area contributed by atoms with Crippen molar-refractivity contribution < 1.29 is 8.91 Å². The molecule has 0 atom stereocenters. The molecule has 0 radical (unpaired) electrons. The van der Waals surface area contributed by atoms with E-state index >= 15 is 0 Å². The van der Waals surface area contributed by atoms with Gasteiger partial charge in [-0.25, -0.2) is 9.38 Å². The molecule has 0 saturated heterocycles. The van der Waals surface area contributed by atoms with E-state index in [2.05, 4.69) is 34.6 Å². The molecule has 0 bridgehead atoms. The number of rotatable bonds is 6. The lowest BCUT2D eigenvalue weighted by molar-refractivity contribution is 0.372. The van der Waals surface area contributed by atoms with Crippen molar-refractivity contribution in [3.63, 3.8) is 0 Å². The van der Waals surface area contributed by atoms with E-state index in [0.29, 0.717) is 24.0 Å². The van der Waals surface area contributed by atoms with Crippen LogP contribution in [-0.2, 0) is 13.1 Å². The minimum Gasteiger partial charge on any atom is -0.359 e. The number of benzene rings is 1. The second-order valence-corrected chi connectivity index (χ2v) is 5.51. The maximum atomic E-state index is 13.6. The molecule has 0 fully saturated rings. The molecule has 23 heavy (non-hydrogen) atoms. The minimum atomic E-state index is -0.246. The van der Waals surface area contributed by atoms with Crippen LogP contribution in [-0.4, -0.2) is 17.7 Å². The minimum absolute atomic E-state index is 0.246. The third kappa shape index (κ3) is 5.09. The van der Waals surface area contributed by atoms with Crippen LogP contribution in [0.4, 0.5) is 4.39 Å². The topological polar surface area (TPSA) is 62.5 Å². The molecule has 2 N–H and O–H groups in total. The van der Waals surface area contributed by atoms with Gasteiger partial charge in [-0.15, -0.1) is 0 Å². The highest BCUT2D eigenvalue weighted by Gasteiger charge is 2.08. The van der Waals surface area contributed by atoms with Gasteiger partial charge in [-0.2, -0.15) is 0 Å². The molecule has 0 aliphatic carbocycles. The standard InChI is InChI=1S/C17H23FN4O/c1-4-19-17(20-10-13-7-5-6-8-15(13)18)21-11-14-9-16(12(2)3)22-23-14/h5-9,12H,4,10-11H2,1-3H3,(H2,19,20,21). The summed E-state index contributed by atoms with van der Waals surface area (Å²) in [4.78, 5) is 4.39. The largest absolute Gasteiger partial charge is 0.359 e. The average Bonchev–Trinajstić information content (AvgIpc) is 3.00. The van der Waals surface area contributed by atoms with Crippen molar-refractivity contribution in [1.29, 1.82) is 0 Å². The molecule has 1 aromatic heterocycles. The molecule has 0 saturated carbocycles. The van der Waals surface area contributed by atoms with Gasteiger partial charge in [0.2, 0.25) is 0 Å². The van der Waals surface area contributed by atoms with Crippen molar-refractivity contribution in [1.82, 2.24) is 15.8 Å². The molecule has 0 amide bonds. The molecule has 1 heterocycles. The third-order valence-electron chi connectivity index (χ3n) is 3.31. The van der Waals surface area contributed by atoms with Gasteiger partial charge in [-0.05, 0) is 18.9 Å². The number of hydrogen-bond acceptors (Lipinski definition) is 3. The van der Waals surface area contributed by atoms with Crippen LogP contribution in [0.5, 0.6) is 0 Å². The summed E-state index contributed by atoms with van der Waals surface area (Å²) in [5, 5.41) is 10.3. The van der Waals surface area contributed by atoms with E-state index in [1.807, 2.05) is 13.0 Å². The Morgan fingerprint density at radius 1 is 1.30 bits per heavy atom.